The van der Waals surface area contributed by atoms with Gasteiger partial charge in [-0.1, -0.05) is 26.7 Å². The molecule has 1 aromatic heterocycles. The molecule has 0 saturated heterocycles. The van der Waals surface area contributed by atoms with Gasteiger partial charge in [0.1, 0.15) is 5.76 Å². The first-order chi connectivity index (χ1) is 8.72. The minimum atomic E-state index is 0.665. The van der Waals surface area contributed by atoms with E-state index in [9.17, 15) is 0 Å². The van der Waals surface area contributed by atoms with Crippen molar-refractivity contribution in [1.82, 2.24) is 10.6 Å². The summed E-state index contributed by atoms with van der Waals surface area (Å²) in [4.78, 5) is 4.17. The van der Waals surface area contributed by atoms with E-state index in [4.69, 9.17) is 4.42 Å². The maximum Gasteiger partial charge on any atom is 0.191 e. The molecule has 0 bridgehead atoms. The van der Waals surface area contributed by atoms with Crippen molar-refractivity contribution in [3.05, 3.63) is 24.2 Å². The molecule has 4 heteroatoms. The Balaban J connectivity index is 2.10. The lowest BCUT2D eigenvalue weighted by atomic mass is 10.1. The van der Waals surface area contributed by atoms with Crippen LogP contribution in [0.25, 0.3) is 0 Å². The van der Waals surface area contributed by atoms with Crippen molar-refractivity contribution in [1.29, 1.82) is 0 Å². The van der Waals surface area contributed by atoms with Gasteiger partial charge in [-0.05, 0) is 24.5 Å². The molecule has 0 fully saturated rings. The first-order valence-electron chi connectivity index (χ1n) is 6.69. The highest BCUT2D eigenvalue weighted by Crippen LogP contribution is 2.05. The number of nitrogens with zero attached hydrogens (tertiary/aromatic N) is 1. The van der Waals surface area contributed by atoms with Crippen LogP contribution in [-0.2, 0) is 6.54 Å². The van der Waals surface area contributed by atoms with Gasteiger partial charge in [0.2, 0.25) is 0 Å². The SMILES string of the molecule is CN=C(NCCCCC(C)C)NCc1ccco1. The Labute approximate surface area is 110 Å². The van der Waals surface area contributed by atoms with Crippen LogP contribution in [0.5, 0.6) is 0 Å². The van der Waals surface area contributed by atoms with Crippen molar-refractivity contribution in [2.24, 2.45) is 10.9 Å². The van der Waals surface area contributed by atoms with Crippen molar-refractivity contribution >= 4 is 5.96 Å². The summed E-state index contributed by atoms with van der Waals surface area (Å²) in [7, 11) is 1.78. The highest BCUT2D eigenvalue weighted by Gasteiger charge is 1.99. The summed E-state index contributed by atoms with van der Waals surface area (Å²) >= 11 is 0. The van der Waals surface area contributed by atoms with Gasteiger partial charge < -0.3 is 15.1 Å². The summed E-state index contributed by atoms with van der Waals surface area (Å²) in [6, 6.07) is 3.84. The normalized spacial score (nSPS) is 11.9. The monoisotopic (exact) mass is 251 g/mol. The number of guanidine groups is 1. The molecule has 4 nitrogen and oxygen atoms in total. The molecule has 102 valence electrons. The summed E-state index contributed by atoms with van der Waals surface area (Å²) in [6.07, 6.45) is 5.42. The van der Waals surface area contributed by atoms with Crippen LogP contribution in [0, 0.1) is 5.92 Å². The topological polar surface area (TPSA) is 49.6 Å². The molecule has 18 heavy (non-hydrogen) atoms. The zero-order valence-corrected chi connectivity index (χ0v) is 11.7. The first-order valence-corrected chi connectivity index (χ1v) is 6.69. The van der Waals surface area contributed by atoms with Gasteiger partial charge in [-0.2, -0.15) is 0 Å². The van der Waals surface area contributed by atoms with Gasteiger partial charge in [0.05, 0.1) is 12.8 Å². The van der Waals surface area contributed by atoms with Crippen molar-refractivity contribution < 1.29 is 4.42 Å². The molecule has 0 aromatic carbocycles. The second kappa shape index (κ2) is 8.61. The van der Waals surface area contributed by atoms with Crippen LogP contribution in [0.4, 0.5) is 0 Å². The van der Waals surface area contributed by atoms with Gasteiger partial charge >= 0.3 is 0 Å². The van der Waals surface area contributed by atoms with Crippen LogP contribution in [0.3, 0.4) is 0 Å². The first kappa shape index (κ1) is 14.6. The molecule has 0 aliphatic rings. The van der Waals surface area contributed by atoms with Gasteiger partial charge in [-0.25, -0.2) is 0 Å². The lowest BCUT2D eigenvalue weighted by Crippen LogP contribution is -2.37. The fraction of sp³-hybridized carbons (Fsp3) is 0.643. The molecule has 1 aromatic rings. The Kier molecular flexibility index (Phi) is 6.99. The van der Waals surface area contributed by atoms with Crippen LogP contribution < -0.4 is 10.6 Å². The van der Waals surface area contributed by atoms with Gasteiger partial charge in [-0.3, -0.25) is 4.99 Å². The molecule has 0 atom stereocenters. The molecule has 0 saturated carbocycles. The maximum absolute atomic E-state index is 5.25. The van der Waals surface area contributed by atoms with E-state index in [-0.39, 0.29) is 0 Å². The molecular weight excluding hydrogens is 226 g/mol. The Morgan fingerprint density at radius 2 is 2.17 bits per heavy atom. The van der Waals surface area contributed by atoms with Crippen molar-refractivity contribution in [3.63, 3.8) is 0 Å². The van der Waals surface area contributed by atoms with E-state index in [1.807, 2.05) is 12.1 Å². The smallest absolute Gasteiger partial charge is 0.191 e. The zero-order valence-electron chi connectivity index (χ0n) is 11.7. The third kappa shape index (κ3) is 6.33. The molecular formula is C14H25N3O. The summed E-state index contributed by atoms with van der Waals surface area (Å²) in [6.45, 7) is 6.15. The van der Waals surface area contributed by atoms with Crippen LogP contribution in [0.1, 0.15) is 38.9 Å². The molecule has 2 N–H and O–H groups in total. The Hall–Kier alpha value is -1.45. The number of rotatable bonds is 7. The number of hydrogen-bond acceptors (Lipinski definition) is 2. The zero-order chi connectivity index (χ0) is 13.2. The third-order valence-corrected chi connectivity index (χ3v) is 2.73. The maximum atomic E-state index is 5.25. The largest absolute Gasteiger partial charge is 0.467 e. The van der Waals surface area contributed by atoms with Crippen LogP contribution in [0.2, 0.25) is 0 Å². The molecule has 0 aliphatic carbocycles. The molecule has 1 rings (SSSR count). The Morgan fingerprint density at radius 1 is 1.33 bits per heavy atom. The highest BCUT2D eigenvalue weighted by atomic mass is 16.3. The number of unbranched alkanes of at least 4 members (excludes halogenated alkanes) is 1. The molecule has 0 aliphatic heterocycles. The fourth-order valence-corrected chi connectivity index (χ4v) is 1.69. The lowest BCUT2D eigenvalue weighted by molar-refractivity contribution is 0.500. The number of furan rings is 1. The summed E-state index contributed by atoms with van der Waals surface area (Å²) in [5.41, 5.74) is 0. The van der Waals surface area contributed by atoms with Crippen LogP contribution in [0.15, 0.2) is 27.8 Å². The quantitative estimate of drug-likeness (QED) is 0.445. The average Bonchev–Trinajstić information content (AvgIpc) is 2.85. The summed E-state index contributed by atoms with van der Waals surface area (Å²) < 4.78 is 5.25. The second-order valence-electron chi connectivity index (χ2n) is 4.82. The van der Waals surface area contributed by atoms with E-state index < -0.39 is 0 Å². The molecule has 0 unspecified atom stereocenters. The van der Waals surface area contributed by atoms with E-state index in [0.717, 1.165) is 24.2 Å². The standard InChI is InChI=1S/C14H25N3O/c1-12(2)7-4-5-9-16-14(15-3)17-11-13-8-6-10-18-13/h6,8,10,12H,4-5,7,9,11H2,1-3H3,(H2,15,16,17). The molecule has 1 heterocycles. The van der Waals surface area contributed by atoms with Gasteiger partial charge in [0, 0.05) is 13.6 Å². The molecule has 0 spiro atoms. The number of aliphatic imine (C=N–C) groups is 1. The highest BCUT2D eigenvalue weighted by molar-refractivity contribution is 5.79. The van der Waals surface area contributed by atoms with Gasteiger partial charge in [0.25, 0.3) is 0 Å². The van der Waals surface area contributed by atoms with Crippen molar-refractivity contribution in [2.75, 3.05) is 13.6 Å². The van der Waals surface area contributed by atoms with E-state index in [0.29, 0.717) is 6.54 Å². The minimum absolute atomic E-state index is 0.665. The minimum Gasteiger partial charge on any atom is -0.467 e. The predicted molar refractivity (Wildman–Crippen MR) is 75.6 cm³/mol. The van der Waals surface area contributed by atoms with Crippen molar-refractivity contribution in [2.45, 2.75) is 39.7 Å². The number of hydrogen-bond donors (Lipinski definition) is 2. The Bertz CT molecular complexity index is 331. The van der Waals surface area contributed by atoms with Gasteiger partial charge in [0.15, 0.2) is 5.96 Å². The fourth-order valence-electron chi connectivity index (χ4n) is 1.69. The molecule has 0 radical (unpaired) electrons. The lowest BCUT2D eigenvalue weighted by Gasteiger charge is -2.11. The van der Waals surface area contributed by atoms with Crippen LogP contribution >= 0.6 is 0 Å². The number of nitrogens with one attached hydrogen (secondary N) is 2. The Morgan fingerprint density at radius 3 is 2.78 bits per heavy atom. The predicted octanol–water partition coefficient (Wildman–Crippen LogP) is 2.77. The average molecular weight is 251 g/mol. The summed E-state index contributed by atoms with van der Waals surface area (Å²) in [5.74, 6) is 2.54. The molecule has 0 amide bonds. The van der Waals surface area contributed by atoms with Crippen LogP contribution in [-0.4, -0.2) is 19.6 Å². The van der Waals surface area contributed by atoms with E-state index in [1.54, 1.807) is 13.3 Å². The second-order valence-corrected chi connectivity index (χ2v) is 4.82. The third-order valence-electron chi connectivity index (χ3n) is 2.73. The van der Waals surface area contributed by atoms with Gasteiger partial charge in [-0.15, -0.1) is 0 Å². The summed E-state index contributed by atoms with van der Waals surface area (Å²) in [5, 5.41) is 6.52. The van der Waals surface area contributed by atoms with E-state index in [2.05, 4.69) is 29.5 Å². The van der Waals surface area contributed by atoms with E-state index in [1.165, 1.54) is 19.3 Å². The van der Waals surface area contributed by atoms with E-state index >= 15 is 0 Å². The van der Waals surface area contributed by atoms with Crippen molar-refractivity contribution in [3.8, 4) is 0 Å².